The number of hydrogen-bond acceptors (Lipinski definition) is 4. The van der Waals surface area contributed by atoms with Crippen LogP contribution in [0.5, 0.6) is 11.5 Å². The standard InChI is InChI=1S/C23H18F4N2O4S/c1-32-19-8-9-21-17(10-19)12-22(29-21)34(30,31)28-13-16-3-2-15(11-20(16)24)14-4-6-18(7-5-14)33-23(25,26)27/h2-12,28-29H,13H2,1H3. The van der Waals surface area contributed by atoms with Crippen molar-refractivity contribution in [3.05, 3.63) is 78.1 Å². The van der Waals surface area contributed by atoms with Gasteiger partial charge in [-0.3, -0.25) is 0 Å². The molecule has 0 aliphatic rings. The summed E-state index contributed by atoms with van der Waals surface area (Å²) in [5.41, 5.74) is 1.58. The van der Waals surface area contributed by atoms with E-state index < -0.39 is 28.0 Å². The third-order valence-electron chi connectivity index (χ3n) is 5.02. The van der Waals surface area contributed by atoms with Crippen LogP contribution in [0.3, 0.4) is 0 Å². The Balaban J connectivity index is 1.47. The van der Waals surface area contributed by atoms with Crippen LogP contribution in [-0.2, 0) is 16.6 Å². The number of benzene rings is 3. The number of halogens is 4. The van der Waals surface area contributed by atoms with Crippen molar-refractivity contribution in [1.29, 1.82) is 0 Å². The maximum Gasteiger partial charge on any atom is 0.573 e. The molecule has 11 heteroatoms. The number of methoxy groups -OCH3 is 1. The SMILES string of the molecule is COc1ccc2[nH]c(S(=O)(=O)NCc3ccc(-c4ccc(OC(F)(F)F)cc4)cc3F)cc2c1. The van der Waals surface area contributed by atoms with Gasteiger partial charge in [-0.1, -0.05) is 24.3 Å². The molecule has 1 aromatic heterocycles. The smallest absolute Gasteiger partial charge is 0.497 e. The molecule has 0 fully saturated rings. The lowest BCUT2D eigenvalue weighted by Gasteiger charge is -2.10. The number of nitrogens with one attached hydrogen (secondary N) is 2. The summed E-state index contributed by atoms with van der Waals surface area (Å²) in [6.45, 7) is -0.300. The highest BCUT2D eigenvalue weighted by Gasteiger charge is 2.31. The van der Waals surface area contributed by atoms with Gasteiger partial charge in [-0.05, 0) is 53.6 Å². The van der Waals surface area contributed by atoms with Crippen LogP contribution in [0, 0.1) is 5.82 Å². The van der Waals surface area contributed by atoms with E-state index in [4.69, 9.17) is 4.74 Å². The maximum atomic E-state index is 14.6. The fraction of sp³-hybridized carbons (Fsp3) is 0.130. The first kappa shape index (κ1) is 23.6. The Hall–Kier alpha value is -3.57. The van der Waals surface area contributed by atoms with Crippen LogP contribution in [-0.4, -0.2) is 26.9 Å². The normalized spacial score (nSPS) is 12.1. The molecule has 4 rings (SSSR count). The summed E-state index contributed by atoms with van der Waals surface area (Å²) in [4.78, 5) is 2.81. The van der Waals surface area contributed by atoms with Crippen molar-refractivity contribution in [3.8, 4) is 22.6 Å². The van der Waals surface area contributed by atoms with Crippen LogP contribution < -0.4 is 14.2 Å². The third-order valence-corrected chi connectivity index (χ3v) is 6.34. The zero-order chi connectivity index (χ0) is 24.5. The van der Waals surface area contributed by atoms with E-state index in [1.165, 1.54) is 37.4 Å². The molecule has 178 valence electrons. The number of hydrogen-bond donors (Lipinski definition) is 2. The van der Waals surface area contributed by atoms with Crippen molar-refractivity contribution >= 4 is 20.9 Å². The minimum atomic E-state index is -4.80. The largest absolute Gasteiger partial charge is 0.573 e. The quantitative estimate of drug-likeness (QED) is 0.339. The van der Waals surface area contributed by atoms with Crippen molar-refractivity contribution in [3.63, 3.8) is 0 Å². The van der Waals surface area contributed by atoms with Gasteiger partial charge in [-0.2, -0.15) is 0 Å². The summed E-state index contributed by atoms with van der Waals surface area (Å²) in [7, 11) is -2.45. The first-order valence-corrected chi connectivity index (χ1v) is 11.3. The van der Waals surface area contributed by atoms with E-state index in [-0.39, 0.29) is 17.1 Å². The zero-order valence-electron chi connectivity index (χ0n) is 17.6. The second-order valence-corrected chi connectivity index (χ2v) is 9.03. The fourth-order valence-corrected chi connectivity index (χ4v) is 4.35. The van der Waals surface area contributed by atoms with Gasteiger partial charge in [0.1, 0.15) is 22.3 Å². The molecule has 0 unspecified atom stereocenters. The maximum absolute atomic E-state index is 14.6. The van der Waals surface area contributed by atoms with E-state index in [0.29, 0.717) is 27.8 Å². The summed E-state index contributed by atoms with van der Waals surface area (Å²) in [5, 5.41) is 0.566. The first-order chi connectivity index (χ1) is 16.0. The van der Waals surface area contributed by atoms with E-state index in [1.807, 2.05) is 0 Å². The van der Waals surface area contributed by atoms with Crippen LogP contribution in [0.1, 0.15) is 5.56 Å². The summed E-state index contributed by atoms with van der Waals surface area (Å²) in [6.07, 6.45) is -4.80. The highest BCUT2D eigenvalue weighted by atomic mass is 32.2. The Morgan fingerprint density at radius 3 is 2.24 bits per heavy atom. The number of alkyl halides is 3. The van der Waals surface area contributed by atoms with Gasteiger partial charge in [0.25, 0.3) is 10.0 Å². The average Bonchev–Trinajstić information content (AvgIpc) is 3.22. The molecule has 0 radical (unpaired) electrons. The van der Waals surface area contributed by atoms with Gasteiger partial charge >= 0.3 is 6.36 Å². The molecule has 3 aromatic carbocycles. The van der Waals surface area contributed by atoms with E-state index >= 15 is 0 Å². The third kappa shape index (κ3) is 5.32. The van der Waals surface area contributed by atoms with E-state index in [0.717, 1.165) is 12.1 Å². The molecule has 0 amide bonds. The fourth-order valence-electron chi connectivity index (χ4n) is 3.33. The lowest BCUT2D eigenvalue weighted by Crippen LogP contribution is -2.24. The second-order valence-electron chi connectivity index (χ2n) is 7.29. The predicted molar refractivity (Wildman–Crippen MR) is 117 cm³/mol. The molecule has 1 heterocycles. The van der Waals surface area contributed by atoms with Crippen molar-refractivity contribution in [2.75, 3.05) is 7.11 Å². The Bertz CT molecular complexity index is 1430. The second kappa shape index (κ2) is 8.99. The number of aromatic nitrogens is 1. The number of aromatic amines is 1. The van der Waals surface area contributed by atoms with Gasteiger partial charge in [0.2, 0.25) is 0 Å². The average molecular weight is 494 g/mol. The van der Waals surface area contributed by atoms with Gasteiger partial charge in [0, 0.05) is 23.0 Å². The molecular formula is C23H18F4N2O4S. The highest BCUT2D eigenvalue weighted by molar-refractivity contribution is 7.89. The number of fused-ring (bicyclic) bond motifs is 1. The Morgan fingerprint density at radius 2 is 1.59 bits per heavy atom. The molecule has 4 aromatic rings. The summed E-state index contributed by atoms with van der Waals surface area (Å²) in [6, 6.07) is 15.6. The van der Waals surface area contributed by atoms with Crippen molar-refractivity contribution in [2.24, 2.45) is 0 Å². The number of sulfonamides is 1. The van der Waals surface area contributed by atoms with Gasteiger partial charge < -0.3 is 14.5 Å². The Labute approximate surface area is 192 Å². The molecule has 0 aliphatic carbocycles. The summed E-state index contributed by atoms with van der Waals surface area (Å²) >= 11 is 0. The number of H-pyrrole nitrogens is 1. The van der Waals surface area contributed by atoms with Gasteiger partial charge in [-0.25, -0.2) is 17.5 Å². The van der Waals surface area contributed by atoms with Crippen LogP contribution in [0.25, 0.3) is 22.0 Å². The molecule has 0 bridgehead atoms. The lowest BCUT2D eigenvalue weighted by molar-refractivity contribution is -0.274. The monoisotopic (exact) mass is 494 g/mol. The van der Waals surface area contributed by atoms with Gasteiger partial charge in [0.05, 0.1) is 7.11 Å². The molecule has 2 N–H and O–H groups in total. The van der Waals surface area contributed by atoms with Gasteiger partial charge in [0.15, 0.2) is 0 Å². The molecule has 0 spiro atoms. The van der Waals surface area contributed by atoms with Crippen molar-refractivity contribution < 1.29 is 35.5 Å². The molecular weight excluding hydrogens is 476 g/mol. The van der Waals surface area contributed by atoms with Crippen LogP contribution in [0.2, 0.25) is 0 Å². The van der Waals surface area contributed by atoms with Crippen molar-refractivity contribution in [1.82, 2.24) is 9.71 Å². The number of ether oxygens (including phenoxy) is 2. The van der Waals surface area contributed by atoms with E-state index in [1.54, 1.807) is 24.3 Å². The van der Waals surface area contributed by atoms with E-state index in [2.05, 4.69) is 14.4 Å². The Kier molecular flexibility index (Phi) is 6.24. The van der Waals surface area contributed by atoms with Gasteiger partial charge in [-0.15, -0.1) is 13.2 Å². The molecule has 0 atom stereocenters. The van der Waals surface area contributed by atoms with Crippen LogP contribution in [0.15, 0.2) is 71.8 Å². The first-order valence-electron chi connectivity index (χ1n) is 9.85. The van der Waals surface area contributed by atoms with Crippen molar-refractivity contribution in [2.45, 2.75) is 17.9 Å². The molecule has 0 saturated carbocycles. The minimum absolute atomic E-state index is 0.0750. The van der Waals surface area contributed by atoms with Crippen LogP contribution >= 0.6 is 0 Å². The summed E-state index contributed by atoms with van der Waals surface area (Å²) in [5.74, 6) is -0.483. The molecule has 6 nitrogen and oxygen atoms in total. The van der Waals surface area contributed by atoms with E-state index in [9.17, 15) is 26.0 Å². The Morgan fingerprint density at radius 1 is 0.912 bits per heavy atom. The lowest BCUT2D eigenvalue weighted by atomic mass is 10.0. The predicted octanol–water partition coefficient (Wildman–Crippen LogP) is 5.36. The highest BCUT2D eigenvalue weighted by Crippen LogP contribution is 2.28. The zero-order valence-corrected chi connectivity index (χ0v) is 18.4. The number of rotatable bonds is 7. The van der Waals surface area contributed by atoms with Crippen LogP contribution in [0.4, 0.5) is 17.6 Å². The molecule has 0 saturated heterocycles. The molecule has 34 heavy (non-hydrogen) atoms. The minimum Gasteiger partial charge on any atom is -0.497 e. The summed E-state index contributed by atoms with van der Waals surface area (Å²) < 4.78 is 88.1. The topological polar surface area (TPSA) is 80.4 Å². The molecule has 0 aliphatic heterocycles.